The molecule has 20 heavy (non-hydrogen) atoms. The number of aliphatic hydroxyl groups excluding tert-OH is 2. The van der Waals surface area contributed by atoms with Gasteiger partial charge in [-0.15, -0.1) is 0 Å². The third kappa shape index (κ3) is 2.09. The average Bonchev–Trinajstić information content (AvgIpc) is 3.00. The first-order chi connectivity index (χ1) is 9.72. The Morgan fingerprint density at radius 3 is 2.20 bits per heavy atom. The van der Waals surface area contributed by atoms with E-state index < -0.39 is 0 Å². The summed E-state index contributed by atoms with van der Waals surface area (Å²) < 4.78 is 0. The Hall–Kier alpha value is -2.18. The largest absolute Gasteiger partial charge is 0.395 e. The second-order valence-electron chi connectivity index (χ2n) is 4.81. The maximum atomic E-state index is 9.11. The van der Waals surface area contributed by atoms with Gasteiger partial charge in [-0.1, -0.05) is 12.1 Å². The van der Waals surface area contributed by atoms with Crippen molar-refractivity contribution in [3.05, 3.63) is 24.3 Å². The second-order valence-corrected chi connectivity index (χ2v) is 4.81. The van der Waals surface area contributed by atoms with Crippen LogP contribution in [-0.4, -0.2) is 46.5 Å². The van der Waals surface area contributed by atoms with E-state index in [0.29, 0.717) is 18.9 Å². The highest BCUT2D eigenvalue weighted by molar-refractivity contribution is 6.06. The number of aliphatic hydroxyl groups is 2. The van der Waals surface area contributed by atoms with Gasteiger partial charge < -0.3 is 30.8 Å². The number of hydrogen-bond donors (Lipinski definition) is 5. The minimum atomic E-state index is 0.0419. The van der Waals surface area contributed by atoms with E-state index in [1.807, 2.05) is 29.2 Å². The summed E-state index contributed by atoms with van der Waals surface area (Å²) in [7, 11) is 0. The number of rotatable bonds is 5. The molecule has 0 saturated carbocycles. The molecule has 0 aliphatic heterocycles. The molecule has 0 saturated heterocycles. The molecule has 0 unspecified atom stereocenters. The summed E-state index contributed by atoms with van der Waals surface area (Å²) in [6.07, 6.45) is 0. The van der Waals surface area contributed by atoms with Gasteiger partial charge in [-0.05, 0) is 12.1 Å². The maximum absolute atomic E-state index is 9.11. The van der Waals surface area contributed by atoms with Crippen molar-refractivity contribution < 1.29 is 10.2 Å². The lowest BCUT2D eigenvalue weighted by molar-refractivity contribution is 0.281. The average molecular weight is 274 g/mol. The molecule has 3 aromatic rings. The van der Waals surface area contributed by atoms with E-state index in [1.54, 1.807) is 0 Å². The lowest BCUT2D eigenvalue weighted by atomic mass is 10.2. The van der Waals surface area contributed by atoms with Crippen LogP contribution in [0, 0.1) is 0 Å². The summed E-state index contributed by atoms with van der Waals surface area (Å²) >= 11 is 0. The number of hydrogen-bond acceptors (Lipinski definition) is 4. The summed E-state index contributed by atoms with van der Waals surface area (Å²) in [6.45, 7) is 1.03. The minimum absolute atomic E-state index is 0.0419. The topological polar surface area (TPSA) is 101 Å². The van der Waals surface area contributed by atoms with Gasteiger partial charge in [0, 0.05) is 23.9 Å². The first-order valence-corrected chi connectivity index (χ1v) is 6.59. The summed E-state index contributed by atoms with van der Waals surface area (Å²) in [6, 6.07) is 7.96. The number of benzene rings is 1. The van der Waals surface area contributed by atoms with Crippen LogP contribution in [0.15, 0.2) is 24.3 Å². The Morgan fingerprint density at radius 1 is 0.950 bits per heavy atom. The maximum Gasteiger partial charge on any atom is 0.107 e. The monoisotopic (exact) mass is 274 g/mol. The molecular formula is C14H18N4O2. The number of nitrogens with one attached hydrogen (secondary N) is 2. The third-order valence-electron chi connectivity index (χ3n) is 3.48. The Morgan fingerprint density at radius 2 is 1.55 bits per heavy atom. The molecule has 1 aromatic carbocycles. The third-order valence-corrected chi connectivity index (χ3v) is 3.48. The van der Waals surface area contributed by atoms with Crippen molar-refractivity contribution in [1.82, 2.24) is 9.97 Å². The highest BCUT2D eigenvalue weighted by Gasteiger charge is 2.11. The number of aromatic nitrogens is 2. The van der Waals surface area contributed by atoms with E-state index in [0.717, 1.165) is 27.6 Å². The SMILES string of the molecule is Nc1cc2ccc3cc(N(CCO)CCO)[nH]c3c2[nH]1. The molecule has 106 valence electrons. The van der Waals surface area contributed by atoms with Gasteiger partial charge in [0.25, 0.3) is 0 Å². The molecule has 0 bridgehead atoms. The van der Waals surface area contributed by atoms with E-state index in [9.17, 15) is 0 Å². The van der Waals surface area contributed by atoms with Crippen molar-refractivity contribution in [2.24, 2.45) is 0 Å². The van der Waals surface area contributed by atoms with Crippen molar-refractivity contribution >= 4 is 33.4 Å². The van der Waals surface area contributed by atoms with Crippen LogP contribution in [0.3, 0.4) is 0 Å². The van der Waals surface area contributed by atoms with Crippen LogP contribution >= 0.6 is 0 Å². The number of nitrogens with two attached hydrogens (primary N) is 1. The van der Waals surface area contributed by atoms with Crippen LogP contribution in [0.1, 0.15) is 0 Å². The number of nitrogen functional groups attached to an aromatic ring is 1. The highest BCUT2D eigenvalue weighted by Crippen LogP contribution is 2.29. The van der Waals surface area contributed by atoms with Gasteiger partial charge in [-0.2, -0.15) is 0 Å². The van der Waals surface area contributed by atoms with E-state index >= 15 is 0 Å². The molecule has 6 nitrogen and oxygen atoms in total. The van der Waals surface area contributed by atoms with Gasteiger partial charge in [0.05, 0.1) is 24.2 Å². The lowest BCUT2D eigenvalue weighted by Gasteiger charge is -2.20. The Balaban J connectivity index is 2.11. The van der Waals surface area contributed by atoms with Gasteiger partial charge in [0.1, 0.15) is 11.6 Å². The number of nitrogens with zero attached hydrogens (tertiary/aromatic N) is 1. The number of aromatic amines is 2. The number of fused-ring (bicyclic) bond motifs is 3. The van der Waals surface area contributed by atoms with Crippen LogP contribution in [-0.2, 0) is 0 Å². The molecule has 0 amide bonds. The van der Waals surface area contributed by atoms with Gasteiger partial charge in [-0.3, -0.25) is 0 Å². The predicted octanol–water partition coefficient (Wildman–Crippen LogP) is 1.02. The highest BCUT2D eigenvalue weighted by atomic mass is 16.3. The van der Waals surface area contributed by atoms with Crippen molar-refractivity contribution in [3.8, 4) is 0 Å². The van der Waals surface area contributed by atoms with Crippen LogP contribution in [0.2, 0.25) is 0 Å². The normalized spacial score (nSPS) is 11.5. The van der Waals surface area contributed by atoms with Crippen molar-refractivity contribution in [2.45, 2.75) is 0 Å². The fourth-order valence-electron chi connectivity index (χ4n) is 2.57. The fourth-order valence-corrected chi connectivity index (χ4v) is 2.57. The van der Waals surface area contributed by atoms with Crippen LogP contribution in [0.4, 0.5) is 11.6 Å². The smallest absolute Gasteiger partial charge is 0.107 e. The quantitative estimate of drug-likeness (QED) is 0.479. The van der Waals surface area contributed by atoms with Gasteiger partial charge in [0.15, 0.2) is 0 Å². The van der Waals surface area contributed by atoms with Crippen molar-refractivity contribution in [1.29, 1.82) is 0 Å². The first-order valence-electron chi connectivity index (χ1n) is 6.59. The minimum Gasteiger partial charge on any atom is -0.395 e. The van der Waals surface area contributed by atoms with Crippen LogP contribution in [0.25, 0.3) is 21.8 Å². The molecule has 2 heterocycles. The zero-order valence-corrected chi connectivity index (χ0v) is 11.1. The van der Waals surface area contributed by atoms with Gasteiger partial charge >= 0.3 is 0 Å². The molecule has 0 atom stereocenters. The number of anilines is 2. The van der Waals surface area contributed by atoms with E-state index in [2.05, 4.69) is 9.97 Å². The van der Waals surface area contributed by atoms with Gasteiger partial charge in [0.2, 0.25) is 0 Å². The summed E-state index contributed by atoms with van der Waals surface area (Å²) in [4.78, 5) is 8.40. The Labute approximate surface area is 115 Å². The summed E-state index contributed by atoms with van der Waals surface area (Å²) in [5.41, 5.74) is 7.75. The molecule has 2 aromatic heterocycles. The number of H-pyrrole nitrogens is 2. The van der Waals surface area contributed by atoms with Crippen LogP contribution in [0.5, 0.6) is 0 Å². The molecule has 0 radical (unpaired) electrons. The summed E-state index contributed by atoms with van der Waals surface area (Å²) in [5.74, 6) is 1.51. The van der Waals surface area contributed by atoms with Gasteiger partial charge in [-0.25, -0.2) is 0 Å². The fraction of sp³-hybridized carbons (Fsp3) is 0.286. The predicted molar refractivity (Wildman–Crippen MR) is 81.0 cm³/mol. The van der Waals surface area contributed by atoms with E-state index in [-0.39, 0.29) is 13.2 Å². The molecule has 3 rings (SSSR count). The molecule has 0 aliphatic carbocycles. The molecule has 6 N–H and O–H groups in total. The first kappa shape index (κ1) is 12.8. The van der Waals surface area contributed by atoms with E-state index in [4.69, 9.17) is 15.9 Å². The van der Waals surface area contributed by atoms with Crippen molar-refractivity contribution in [2.75, 3.05) is 36.9 Å². The van der Waals surface area contributed by atoms with Crippen molar-refractivity contribution in [3.63, 3.8) is 0 Å². The molecule has 0 spiro atoms. The molecule has 6 heteroatoms. The Kier molecular flexibility index (Phi) is 3.25. The lowest BCUT2D eigenvalue weighted by Crippen LogP contribution is -2.29. The molecular weight excluding hydrogens is 256 g/mol. The van der Waals surface area contributed by atoms with Crippen LogP contribution < -0.4 is 10.6 Å². The summed E-state index contributed by atoms with van der Waals surface area (Å²) in [5, 5.41) is 20.3. The zero-order valence-electron chi connectivity index (χ0n) is 11.1. The molecule has 0 aliphatic rings. The molecule has 0 fully saturated rings. The second kappa shape index (κ2) is 5.07. The Bertz CT molecular complexity index is 725. The standard InChI is InChI=1S/C14H18N4O2/c15-11-7-9-1-2-10-8-12(17-14(10)13(9)16-11)18(3-5-19)4-6-20/h1-2,7-8,16-17,19-20H,3-6,15H2. The zero-order chi connectivity index (χ0) is 14.1. The van der Waals surface area contributed by atoms with E-state index in [1.165, 1.54) is 0 Å².